The molecule has 6 heteroatoms. The molecule has 0 aromatic carbocycles. The van der Waals surface area contributed by atoms with Gasteiger partial charge in [-0.3, -0.25) is 9.59 Å². The number of fused-ring (bicyclic) bond motifs is 3. The summed E-state index contributed by atoms with van der Waals surface area (Å²) < 4.78 is 7.71. The first kappa shape index (κ1) is 19.1. The van der Waals surface area contributed by atoms with Gasteiger partial charge in [-0.15, -0.1) is 0 Å². The maximum atomic E-state index is 13.5. The van der Waals surface area contributed by atoms with Gasteiger partial charge in [0.1, 0.15) is 17.0 Å². The highest BCUT2D eigenvalue weighted by molar-refractivity contribution is 6.03. The van der Waals surface area contributed by atoms with Gasteiger partial charge in [-0.2, -0.15) is 0 Å². The van der Waals surface area contributed by atoms with Gasteiger partial charge in [0.15, 0.2) is 5.58 Å². The van der Waals surface area contributed by atoms with Crippen molar-refractivity contribution in [1.82, 2.24) is 14.8 Å². The van der Waals surface area contributed by atoms with Crippen LogP contribution in [0.4, 0.5) is 0 Å². The Morgan fingerprint density at radius 3 is 2.71 bits per heavy atom. The fraction of sp³-hybridized carbons (Fsp3) is 0.636. The summed E-state index contributed by atoms with van der Waals surface area (Å²) in [6, 6.07) is 3.96. The number of carbonyl (C=O) groups is 2. The monoisotopic (exact) mass is 385 g/mol. The van der Waals surface area contributed by atoms with Gasteiger partial charge in [0, 0.05) is 24.2 Å². The topological polar surface area (TPSA) is 67.5 Å². The Bertz CT molecular complexity index is 906. The van der Waals surface area contributed by atoms with Crippen LogP contribution in [0.1, 0.15) is 75.5 Å². The van der Waals surface area contributed by atoms with Crippen LogP contribution in [-0.4, -0.2) is 38.9 Å². The quantitative estimate of drug-likeness (QED) is 0.865. The van der Waals surface area contributed by atoms with E-state index in [1.54, 1.807) is 4.90 Å². The molecule has 28 heavy (non-hydrogen) atoms. The summed E-state index contributed by atoms with van der Waals surface area (Å²) in [4.78, 5) is 28.8. The van der Waals surface area contributed by atoms with E-state index in [0.29, 0.717) is 17.8 Å². The molecule has 1 fully saturated rings. The maximum absolute atomic E-state index is 13.5. The second-order valence-electron chi connectivity index (χ2n) is 8.74. The third-order valence-electron chi connectivity index (χ3n) is 6.61. The molecule has 2 unspecified atom stereocenters. The van der Waals surface area contributed by atoms with Crippen LogP contribution < -0.4 is 5.32 Å². The van der Waals surface area contributed by atoms with E-state index < -0.39 is 5.54 Å². The molecule has 6 nitrogen and oxygen atoms in total. The van der Waals surface area contributed by atoms with Crippen molar-refractivity contribution in [3.05, 3.63) is 23.6 Å². The molecule has 1 aliphatic heterocycles. The Hall–Kier alpha value is -2.24. The minimum atomic E-state index is -0.923. The first-order valence-electron chi connectivity index (χ1n) is 10.6. The molecule has 0 radical (unpaired) electrons. The number of carbonyl (C=O) groups excluding carboxylic acids is 2. The van der Waals surface area contributed by atoms with Gasteiger partial charge < -0.3 is 19.2 Å². The number of furan rings is 1. The van der Waals surface area contributed by atoms with Crippen LogP contribution in [0.15, 0.2) is 16.5 Å². The molecular formula is C22H31N3O3. The largest absolute Gasteiger partial charge is 0.460 e. The van der Waals surface area contributed by atoms with Gasteiger partial charge in [-0.1, -0.05) is 26.2 Å². The lowest BCUT2D eigenvalue weighted by Crippen LogP contribution is -2.67. The van der Waals surface area contributed by atoms with Gasteiger partial charge in [-0.25, -0.2) is 0 Å². The zero-order chi connectivity index (χ0) is 20.1. The third-order valence-corrected chi connectivity index (χ3v) is 6.61. The molecule has 3 heterocycles. The van der Waals surface area contributed by atoms with E-state index in [4.69, 9.17) is 4.42 Å². The number of aromatic nitrogens is 1. The molecule has 0 spiro atoms. The number of nitrogens with zero attached hydrogens (tertiary/aromatic N) is 2. The molecule has 2 amide bonds. The van der Waals surface area contributed by atoms with Crippen molar-refractivity contribution in [3.63, 3.8) is 0 Å². The normalized spacial score (nSPS) is 24.4. The van der Waals surface area contributed by atoms with Crippen LogP contribution in [0.5, 0.6) is 0 Å². The Labute approximate surface area is 166 Å². The predicted molar refractivity (Wildman–Crippen MR) is 108 cm³/mol. The fourth-order valence-corrected chi connectivity index (χ4v) is 4.88. The van der Waals surface area contributed by atoms with Crippen LogP contribution in [0.25, 0.3) is 11.1 Å². The summed E-state index contributed by atoms with van der Waals surface area (Å²) in [6.07, 6.45) is 6.41. The van der Waals surface area contributed by atoms with Crippen molar-refractivity contribution in [1.29, 1.82) is 0 Å². The van der Waals surface area contributed by atoms with Gasteiger partial charge >= 0.3 is 0 Å². The molecular weight excluding hydrogens is 354 g/mol. The van der Waals surface area contributed by atoms with Crippen LogP contribution in [-0.2, 0) is 11.3 Å². The average Bonchev–Trinajstić information content (AvgIpc) is 3.19. The minimum Gasteiger partial charge on any atom is -0.460 e. The minimum absolute atomic E-state index is 0.0220. The number of nitrogens with one attached hydrogen (secondary N) is 1. The molecule has 152 valence electrons. The number of amides is 2. The maximum Gasteiger partial charge on any atom is 0.271 e. The smallest absolute Gasteiger partial charge is 0.271 e. The first-order chi connectivity index (χ1) is 13.3. The van der Waals surface area contributed by atoms with E-state index in [0.717, 1.165) is 43.4 Å². The highest BCUT2D eigenvalue weighted by Crippen LogP contribution is 2.35. The van der Waals surface area contributed by atoms with Gasteiger partial charge in [0.2, 0.25) is 5.91 Å². The molecule has 4 rings (SSSR count). The molecule has 2 aromatic rings. The summed E-state index contributed by atoms with van der Waals surface area (Å²) in [5.41, 5.74) is 1.29. The van der Waals surface area contributed by atoms with E-state index in [-0.39, 0.29) is 23.9 Å². The zero-order valence-corrected chi connectivity index (χ0v) is 17.4. The van der Waals surface area contributed by atoms with Crippen molar-refractivity contribution in [2.45, 2.75) is 90.4 Å². The molecule has 2 aliphatic rings. The first-order valence-corrected chi connectivity index (χ1v) is 10.6. The van der Waals surface area contributed by atoms with Crippen LogP contribution in [0.3, 0.4) is 0 Å². The van der Waals surface area contributed by atoms with E-state index in [2.05, 4.69) is 12.2 Å². The predicted octanol–water partition coefficient (Wildman–Crippen LogP) is 4.00. The molecule has 2 aromatic heterocycles. The summed E-state index contributed by atoms with van der Waals surface area (Å²) in [5, 5.41) is 3.27. The Morgan fingerprint density at radius 2 is 2.04 bits per heavy atom. The molecule has 0 bridgehead atoms. The summed E-state index contributed by atoms with van der Waals surface area (Å²) in [5.74, 6) is 0.678. The fourth-order valence-electron chi connectivity index (χ4n) is 4.88. The number of hydrogen-bond donors (Lipinski definition) is 1. The Morgan fingerprint density at radius 1 is 1.32 bits per heavy atom. The third kappa shape index (κ3) is 2.93. The number of hydrogen-bond acceptors (Lipinski definition) is 3. The molecule has 1 saturated carbocycles. The lowest BCUT2D eigenvalue weighted by molar-refractivity contribution is -0.135. The van der Waals surface area contributed by atoms with Crippen LogP contribution in [0, 0.1) is 6.92 Å². The highest BCUT2D eigenvalue weighted by atomic mass is 16.3. The van der Waals surface area contributed by atoms with Crippen LogP contribution >= 0.6 is 0 Å². The van der Waals surface area contributed by atoms with Crippen molar-refractivity contribution >= 4 is 22.9 Å². The van der Waals surface area contributed by atoms with Crippen molar-refractivity contribution in [2.75, 3.05) is 0 Å². The standard InChI is InChI=1S/C22H31N3O3/c1-5-14(2)25-20(26)18-12-19-17(11-15(3)28-19)24(18)13-22(25,4)21(27)23-16-9-7-6-8-10-16/h11-12,14,16H,5-10,13H2,1-4H3,(H,23,27). The number of aryl methyl sites for hydroxylation is 1. The molecule has 2 atom stereocenters. The van der Waals surface area contributed by atoms with E-state index in [9.17, 15) is 9.59 Å². The molecule has 1 aliphatic carbocycles. The van der Waals surface area contributed by atoms with E-state index in [1.807, 2.05) is 37.5 Å². The van der Waals surface area contributed by atoms with Gasteiger partial charge in [0.25, 0.3) is 5.91 Å². The van der Waals surface area contributed by atoms with Crippen molar-refractivity contribution in [2.24, 2.45) is 0 Å². The Kier molecular flexibility index (Phi) is 4.76. The molecule has 0 saturated heterocycles. The lowest BCUT2D eigenvalue weighted by atomic mass is 9.90. The second-order valence-corrected chi connectivity index (χ2v) is 8.74. The molecule has 1 N–H and O–H groups in total. The Balaban J connectivity index is 1.74. The highest BCUT2D eigenvalue weighted by Gasteiger charge is 2.49. The summed E-state index contributed by atoms with van der Waals surface area (Å²) in [6.45, 7) is 8.34. The van der Waals surface area contributed by atoms with E-state index >= 15 is 0 Å². The second kappa shape index (κ2) is 6.98. The summed E-state index contributed by atoms with van der Waals surface area (Å²) >= 11 is 0. The lowest BCUT2D eigenvalue weighted by Gasteiger charge is -2.47. The van der Waals surface area contributed by atoms with E-state index in [1.165, 1.54) is 6.42 Å². The average molecular weight is 386 g/mol. The zero-order valence-electron chi connectivity index (χ0n) is 17.4. The number of rotatable bonds is 4. The van der Waals surface area contributed by atoms with Crippen LogP contribution in [0.2, 0.25) is 0 Å². The van der Waals surface area contributed by atoms with Gasteiger partial charge in [-0.05, 0) is 40.0 Å². The SMILES string of the molecule is CCC(C)N1C(=O)c2cc3oc(C)cc3n2CC1(C)C(=O)NC1CCCCC1. The summed E-state index contributed by atoms with van der Waals surface area (Å²) in [7, 11) is 0. The van der Waals surface area contributed by atoms with Crippen molar-refractivity contribution < 1.29 is 14.0 Å². The van der Waals surface area contributed by atoms with Gasteiger partial charge in [0.05, 0.1) is 12.1 Å². The van der Waals surface area contributed by atoms with Crippen molar-refractivity contribution in [3.8, 4) is 0 Å².